The molecule has 0 aromatic heterocycles. The Balaban J connectivity index is 2.19. The van der Waals surface area contributed by atoms with E-state index in [9.17, 15) is 9.90 Å². The monoisotopic (exact) mass is 200 g/mol. The number of nitrogens with one attached hydrogen (secondary N) is 1. The van der Waals surface area contributed by atoms with Gasteiger partial charge in [0.1, 0.15) is 0 Å². The largest absolute Gasteiger partial charge is 0.391 e. The summed E-state index contributed by atoms with van der Waals surface area (Å²) in [5, 5.41) is 12.4. The first-order valence-corrected chi connectivity index (χ1v) is 5.39. The molecule has 1 aliphatic carbocycles. The summed E-state index contributed by atoms with van der Waals surface area (Å²) in [5.74, 6) is 0.168. The molecule has 0 heterocycles. The molecule has 1 atom stereocenters. The lowest BCUT2D eigenvalue weighted by Crippen LogP contribution is -2.39. The Morgan fingerprint density at radius 2 is 2.07 bits per heavy atom. The summed E-state index contributed by atoms with van der Waals surface area (Å²) in [4.78, 5) is 10.9. The van der Waals surface area contributed by atoms with E-state index < -0.39 is 6.10 Å². The second-order valence-corrected chi connectivity index (χ2v) is 3.97. The van der Waals surface area contributed by atoms with E-state index in [1.54, 1.807) is 0 Å². The first-order chi connectivity index (χ1) is 6.74. The molecule has 0 radical (unpaired) electrons. The third-order valence-electron chi connectivity index (χ3n) is 2.89. The summed E-state index contributed by atoms with van der Waals surface area (Å²) >= 11 is 0. The molecular weight excluding hydrogens is 180 g/mol. The molecule has 4 heteroatoms. The van der Waals surface area contributed by atoms with Crippen LogP contribution in [0.1, 0.15) is 32.1 Å². The lowest BCUT2D eigenvalue weighted by Gasteiger charge is -2.26. The Bertz CT molecular complexity index is 179. The number of hydrogen-bond acceptors (Lipinski definition) is 3. The predicted molar refractivity (Wildman–Crippen MR) is 54.6 cm³/mol. The Morgan fingerprint density at radius 3 is 2.64 bits per heavy atom. The molecule has 82 valence electrons. The van der Waals surface area contributed by atoms with Gasteiger partial charge in [-0.1, -0.05) is 19.3 Å². The van der Waals surface area contributed by atoms with Crippen molar-refractivity contribution in [2.45, 2.75) is 38.2 Å². The van der Waals surface area contributed by atoms with Gasteiger partial charge in [0.25, 0.3) is 0 Å². The van der Waals surface area contributed by atoms with E-state index in [4.69, 9.17) is 5.73 Å². The van der Waals surface area contributed by atoms with Crippen molar-refractivity contribution < 1.29 is 9.90 Å². The van der Waals surface area contributed by atoms with Crippen molar-refractivity contribution in [3.05, 3.63) is 0 Å². The van der Waals surface area contributed by atoms with Gasteiger partial charge in [0.05, 0.1) is 12.6 Å². The van der Waals surface area contributed by atoms with Gasteiger partial charge in [0.15, 0.2) is 0 Å². The van der Waals surface area contributed by atoms with Gasteiger partial charge in [-0.2, -0.15) is 0 Å². The van der Waals surface area contributed by atoms with Crippen LogP contribution in [-0.4, -0.2) is 30.2 Å². The second-order valence-electron chi connectivity index (χ2n) is 3.97. The summed E-state index contributed by atoms with van der Waals surface area (Å²) < 4.78 is 0. The Morgan fingerprint density at radius 1 is 1.43 bits per heavy atom. The standard InChI is InChI=1S/C10H20N2O2/c11-6-10(14)12-7-9(13)8-4-2-1-3-5-8/h8-9,13H,1-7,11H2,(H,12,14). The molecule has 0 aromatic rings. The van der Waals surface area contributed by atoms with E-state index >= 15 is 0 Å². The molecule has 1 aliphatic rings. The zero-order valence-electron chi connectivity index (χ0n) is 8.54. The molecule has 1 unspecified atom stereocenters. The smallest absolute Gasteiger partial charge is 0.233 e. The molecule has 1 fully saturated rings. The third-order valence-corrected chi connectivity index (χ3v) is 2.89. The fraction of sp³-hybridized carbons (Fsp3) is 0.900. The van der Waals surface area contributed by atoms with Crippen molar-refractivity contribution in [2.75, 3.05) is 13.1 Å². The lowest BCUT2D eigenvalue weighted by molar-refractivity contribution is -0.120. The van der Waals surface area contributed by atoms with Gasteiger partial charge in [-0.15, -0.1) is 0 Å². The number of hydrogen-bond donors (Lipinski definition) is 3. The van der Waals surface area contributed by atoms with Gasteiger partial charge in [0.2, 0.25) is 5.91 Å². The number of aliphatic hydroxyl groups is 1. The highest BCUT2D eigenvalue weighted by atomic mass is 16.3. The summed E-state index contributed by atoms with van der Waals surface area (Å²) in [6.45, 7) is 0.345. The first kappa shape index (κ1) is 11.5. The molecule has 0 aromatic carbocycles. The normalized spacial score (nSPS) is 20.4. The minimum atomic E-state index is -0.397. The highest BCUT2D eigenvalue weighted by Gasteiger charge is 2.21. The minimum absolute atomic E-state index is 0.00259. The average molecular weight is 200 g/mol. The van der Waals surface area contributed by atoms with Crippen LogP contribution < -0.4 is 11.1 Å². The minimum Gasteiger partial charge on any atom is -0.391 e. The highest BCUT2D eigenvalue weighted by Crippen LogP contribution is 2.26. The van der Waals surface area contributed by atoms with Crippen LogP contribution in [0.3, 0.4) is 0 Å². The highest BCUT2D eigenvalue weighted by molar-refractivity contribution is 5.77. The lowest BCUT2D eigenvalue weighted by atomic mass is 9.85. The van der Waals surface area contributed by atoms with Crippen LogP contribution in [0.25, 0.3) is 0 Å². The van der Waals surface area contributed by atoms with E-state index in [-0.39, 0.29) is 12.5 Å². The third kappa shape index (κ3) is 3.64. The molecule has 0 saturated heterocycles. The zero-order valence-corrected chi connectivity index (χ0v) is 8.54. The van der Waals surface area contributed by atoms with E-state index in [1.807, 2.05) is 0 Å². The Hall–Kier alpha value is -0.610. The van der Waals surface area contributed by atoms with Crippen LogP contribution in [0, 0.1) is 5.92 Å². The summed E-state index contributed by atoms with van der Waals surface area (Å²) in [6, 6.07) is 0. The van der Waals surface area contributed by atoms with Crippen molar-refractivity contribution in [2.24, 2.45) is 11.7 Å². The first-order valence-electron chi connectivity index (χ1n) is 5.39. The van der Waals surface area contributed by atoms with Gasteiger partial charge in [-0.05, 0) is 18.8 Å². The van der Waals surface area contributed by atoms with E-state index in [0.717, 1.165) is 12.8 Å². The van der Waals surface area contributed by atoms with E-state index in [0.29, 0.717) is 12.5 Å². The molecule has 0 spiro atoms. The average Bonchev–Trinajstić information content (AvgIpc) is 2.26. The fourth-order valence-electron chi connectivity index (χ4n) is 1.98. The SMILES string of the molecule is NCC(=O)NCC(O)C1CCCCC1. The molecule has 1 rings (SSSR count). The van der Waals surface area contributed by atoms with Gasteiger partial charge in [-0.3, -0.25) is 4.79 Å². The number of nitrogens with two attached hydrogens (primary N) is 1. The van der Waals surface area contributed by atoms with Gasteiger partial charge >= 0.3 is 0 Å². The van der Waals surface area contributed by atoms with Crippen molar-refractivity contribution in [3.63, 3.8) is 0 Å². The molecule has 4 N–H and O–H groups in total. The van der Waals surface area contributed by atoms with Gasteiger partial charge < -0.3 is 16.2 Å². The van der Waals surface area contributed by atoms with Crippen molar-refractivity contribution in [1.29, 1.82) is 0 Å². The molecular formula is C10H20N2O2. The zero-order chi connectivity index (χ0) is 10.4. The van der Waals surface area contributed by atoms with Crippen LogP contribution in [0.2, 0.25) is 0 Å². The number of carbonyl (C=O) groups is 1. The quantitative estimate of drug-likeness (QED) is 0.598. The van der Waals surface area contributed by atoms with E-state index in [2.05, 4.69) is 5.32 Å². The van der Waals surface area contributed by atoms with Crippen LogP contribution in [0.15, 0.2) is 0 Å². The van der Waals surface area contributed by atoms with Gasteiger partial charge in [0, 0.05) is 6.54 Å². The maximum absolute atomic E-state index is 10.9. The number of amides is 1. The molecule has 4 nitrogen and oxygen atoms in total. The second kappa shape index (κ2) is 5.98. The van der Waals surface area contributed by atoms with Crippen molar-refractivity contribution >= 4 is 5.91 Å². The van der Waals surface area contributed by atoms with Crippen LogP contribution in [0.5, 0.6) is 0 Å². The fourth-order valence-corrected chi connectivity index (χ4v) is 1.98. The maximum atomic E-state index is 10.9. The topological polar surface area (TPSA) is 75.4 Å². The summed E-state index contributed by atoms with van der Waals surface area (Å²) in [5.41, 5.74) is 5.14. The van der Waals surface area contributed by atoms with Gasteiger partial charge in [-0.25, -0.2) is 0 Å². The Kier molecular flexibility index (Phi) is 4.90. The van der Waals surface area contributed by atoms with Crippen molar-refractivity contribution in [3.8, 4) is 0 Å². The molecule has 1 saturated carbocycles. The maximum Gasteiger partial charge on any atom is 0.233 e. The summed E-state index contributed by atoms with van der Waals surface area (Å²) in [7, 11) is 0. The number of aliphatic hydroxyl groups excluding tert-OH is 1. The van der Waals surface area contributed by atoms with Crippen molar-refractivity contribution in [1.82, 2.24) is 5.32 Å². The Labute approximate surface area is 84.9 Å². The number of rotatable bonds is 4. The molecule has 0 aliphatic heterocycles. The molecule has 0 bridgehead atoms. The van der Waals surface area contributed by atoms with Crippen LogP contribution in [0.4, 0.5) is 0 Å². The molecule has 14 heavy (non-hydrogen) atoms. The predicted octanol–water partition coefficient (Wildman–Crippen LogP) is 0.00250. The molecule has 1 amide bonds. The van der Waals surface area contributed by atoms with Crippen LogP contribution >= 0.6 is 0 Å². The summed E-state index contributed by atoms with van der Waals surface area (Å²) in [6.07, 6.45) is 5.45. The number of carbonyl (C=O) groups excluding carboxylic acids is 1. The van der Waals surface area contributed by atoms with E-state index in [1.165, 1.54) is 19.3 Å². The van der Waals surface area contributed by atoms with Crippen LogP contribution in [-0.2, 0) is 4.79 Å².